The molecule has 9 nitrogen and oxygen atoms in total. The molecule has 2 saturated heterocycles. The van der Waals surface area contributed by atoms with E-state index >= 15 is 0 Å². The Morgan fingerprint density at radius 1 is 0.750 bits per heavy atom. The monoisotopic (exact) mass is 533 g/mol. The molecule has 5 aromatic rings. The number of rotatable bonds is 5. The Morgan fingerprint density at radius 2 is 1.52 bits per heavy atom. The van der Waals surface area contributed by atoms with Gasteiger partial charge in [0.15, 0.2) is 0 Å². The van der Waals surface area contributed by atoms with Gasteiger partial charge >= 0.3 is 0 Å². The van der Waals surface area contributed by atoms with Gasteiger partial charge in [-0.15, -0.1) is 0 Å². The molecule has 40 heavy (non-hydrogen) atoms. The van der Waals surface area contributed by atoms with E-state index in [0.717, 1.165) is 103 Å². The van der Waals surface area contributed by atoms with E-state index < -0.39 is 0 Å². The Hall–Kier alpha value is -4.21. The minimum Gasteiger partial charge on any atom is -0.369 e. The zero-order valence-corrected chi connectivity index (χ0v) is 23.1. The standard InChI is InChI=1S/C31H35N9/c1-37-10-14-39(15-11-37)24-5-3-4-23(19-24)35-29-9-7-25-27(20-32-30(25)36-29)22-6-8-28-26(18-22)31(34-21-33-28)40-16-12-38(2)13-17-40/h3-9,18-21H,10-17H2,1-2H3,(H2,32,35,36). The second-order valence-corrected chi connectivity index (χ2v) is 11.0. The van der Waals surface area contributed by atoms with Gasteiger partial charge in [0.1, 0.15) is 23.6 Å². The van der Waals surface area contributed by atoms with Crippen molar-refractivity contribution >= 4 is 44.9 Å². The maximum Gasteiger partial charge on any atom is 0.140 e. The van der Waals surface area contributed by atoms with E-state index in [1.54, 1.807) is 6.33 Å². The van der Waals surface area contributed by atoms with Crippen LogP contribution in [0.2, 0.25) is 0 Å². The van der Waals surface area contributed by atoms with E-state index in [-0.39, 0.29) is 0 Å². The number of H-pyrrole nitrogens is 1. The highest BCUT2D eigenvalue weighted by Crippen LogP contribution is 2.33. The third-order valence-corrected chi connectivity index (χ3v) is 8.25. The van der Waals surface area contributed by atoms with Gasteiger partial charge in [0.25, 0.3) is 0 Å². The molecule has 9 heteroatoms. The van der Waals surface area contributed by atoms with E-state index in [2.05, 4.69) is 110 Å². The van der Waals surface area contributed by atoms with Gasteiger partial charge in [-0.3, -0.25) is 0 Å². The first-order valence-corrected chi connectivity index (χ1v) is 14.1. The number of pyridine rings is 1. The first-order chi connectivity index (χ1) is 19.6. The van der Waals surface area contributed by atoms with Gasteiger partial charge in [0, 0.05) is 86.3 Å². The Kier molecular flexibility index (Phi) is 6.45. The molecule has 0 radical (unpaired) electrons. The van der Waals surface area contributed by atoms with Crippen LogP contribution in [0, 0.1) is 0 Å². The van der Waals surface area contributed by atoms with Crippen LogP contribution in [0.1, 0.15) is 0 Å². The molecule has 0 amide bonds. The van der Waals surface area contributed by atoms with E-state index in [0.29, 0.717) is 0 Å². The fourth-order valence-corrected chi connectivity index (χ4v) is 5.79. The van der Waals surface area contributed by atoms with Crippen molar-refractivity contribution in [2.75, 3.05) is 81.6 Å². The Balaban J connectivity index is 1.15. The average molecular weight is 534 g/mol. The highest BCUT2D eigenvalue weighted by Gasteiger charge is 2.19. The molecule has 0 saturated carbocycles. The van der Waals surface area contributed by atoms with Crippen LogP contribution >= 0.6 is 0 Å². The number of hydrogen-bond acceptors (Lipinski definition) is 8. The largest absolute Gasteiger partial charge is 0.369 e. The lowest BCUT2D eigenvalue weighted by atomic mass is 10.0. The summed E-state index contributed by atoms with van der Waals surface area (Å²) in [5.74, 6) is 1.84. The molecular formula is C31H35N9. The normalized spacial score (nSPS) is 17.1. The minimum absolute atomic E-state index is 0.820. The van der Waals surface area contributed by atoms with Gasteiger partial charge < -0.3 is 29.9 Å². The number of nitrogens with one attached hydrogen (secondary N) is 2. The predicted molar refractivity (Wildman–Crippen MR) is 164 cm³/mol. The maximum atomic E-state index is 4.90. The summed E-state index contributed by atoms with van der Waals surface area (Å²) in [7, 11) is 4.36. The molecule has 204 valence electrons. The average Bonchev–Trinajstić information content (AvgIpc) is 3.41. The van der Waals surface area contributed by atoms with Crippen molar-refractivity contribution in [2.24, 2.45) is 0 Å². The fraction of sp³-hybridized carbons (Fsp3) is 0.323. The van der Waals surface area contributed by atoms with Crippen molar-refractivity contribution < 1.29 is 0 Å². The molecule has 2 aromatic carbocycles. The number of likely N-dealkylation sites (N-methyl/N-ethyl adjacent to an activating group) is 2. The second kappa shape index (κ2) is 10.4. The summed E-state index contributed by atoms with van der Waals surface area (Å²) < 4.78 is 0. The molecule has 2 aliphatic rings. The van der Waals surface area contributed by atoms with E-state index in [9.17, 15) is 0 Å². The van der Waals surface area contributed by atoms with E-state index in [1.807, 2.05) is 0 Å². The van der Waals surface area contributed by atoms with E-state index in [4.69, 9.17) is 9.97 Å². The van der Waals surface area contributed by atoms with Gasteiger partial charge in [-0.25, -0.2) is 15.0 Å². The van der Waals surface area contributed by atoms with Gasteiger partial charge in [0.2, 0.25) is 0 Å². The summed E-state index contributed by atoms with van der Waals surface area (Å²) in [6.45, 7) is 8.29. The van der Waals surface area contributed by atoms with Crippen molar-refractivity contribution in [3.05, 3.63) is 67.1 Å². The molecule has 0 atom stereocenters. The number of anilines is 4. The van der Waals surface area contributed by atoms with Crippen LogP contribution in [0.15, 0.2) is 67.1 Å². The molecular weight excluding hydrogens is 498 g/mol. The predicted octanol–water partition coefficient (Wildman–Crippen LogP) is 4.42. The van der Waals surface area contributed by atoms with Crippen LogP contribution in [0.5, 0.6) is 0 Å². The molecule has 0 bridgehead atoms. The molecule has 2 fully saturated rings. The molecule has 2 N–H and O–H groups in total. The zero-order chi connectivity index (χ0) is 27.1. The summed E-state index contributed by atoms with van der Waals surface area (Å²) in [6.07, 6.45) is 3.73. The molecule has 0 unspecified atom stereocenters. The topological polar surface area (TPSA) is 79.5 Å². The summed E-state index contributed by atoms with van der Waals surface area (Å²) in [5, 5.41) is 5.69. The zero-order valence-electron chi connectivity index (χ0n) is 23.1. The number of piperazine rings is 2. The van der Waals surface area contributed by atoms with Gasteiger partial charge in [-0.1, -0.05) is 12.1 Å². The smallest absolute Gasteiger partial charge is 0.140 e. The number of benzene rings is 2. The highest BCUT2D eigenvalue weighted by molar-refractivity contribution is 5.99. The number of aromatic amines is 1. The van der Waals surface area contributed by atoms with Gasteiger partial charge in [0.05, 0.1) is 5.52 Å². The van der Waals surface area contributed by atoms with Crippen LogP contribution in [0.4, 0.5) is 23.0 Å². The van der Waals surface area contributed by atoms with Crippen LogP contribution < -0.4 is 15.1 Å². The van der Waals surface area contributed by atoms with Crippen molar-refractivity contribution in [1.29, 1.82) is 0 Å². The van der Waals surface area contributed by atoms with Gasteiger partial charge in [-0.05, 0) is 62.1 Å². The lowest BCUT2D eigenvalue weighted by molar-refractivity contribution is 0.312. The Bertz CT molecular complexity index is 1650. The summed E-state index contributed by atoms with van der Waals surface area (Å²) >= 11 is 0. The lowest BCUT2D eigenvalue weighted by Gasteiger charge is -2.34. The second-order valence-electron chi connectivity index (χ2n) is 11.0. The number of fused-ring (bicyclic) bond motifs is 2. The minimum atomic E-state index is 0.820. The third kappa shape index (κ3) is 4.82. The Morgan fingerprint density at radius 3 is 2.33 bits per heavy atom. The summed E-state index contributed by atoms with van der Waals surface area (Å²) in [5.41, 5.74) is 6.38. The van der Waals surface area contributed by atoms with E-state index in [1.165, 1.54) is 5.69 Å². The van der Waals surface area contributed by atoms with Gasteiger partial charge in [-0.2, -0.15) is 0 Å². The molecule has 5 heterocycles. The lowest BCUT2D eigenvalue weighted by Crippen LogP contribution is -2.44. The number of nitrogens with zero attached hydrogens (tertiary/aromatic N) is 7. The van der Waals surface area contributed by atoms with Crippen molar-refractivity contribution in [3.63, 3.8) is 0 Å². The van der Waals surface area contributed by atoms with Crippen molar-refractivity contribution in [1.82, 2.24) is 29.7 Å². The van der Waals surface area contributed by atoms with Crippen LogP contribution in [-0.4, -0.2) is 96.2 Å². The molecule has 0 spiro atoms. The highest BCUT2D eigenvalue weighted by atomic mass is 15.3. The van der Waals surface area contributed by atoms with Crippen LogP contribution in [0.3, 0.4) is 0 Å². The molecule has 7 rings (SSSR count). The first kappa shape index (κ1) is 24.8. The van der Waals surface area contributed by atoms with Crippen molar-refractivity contribution in [3.8, 4) is 11.1 Å². The quantitative estimate of drug-likeness (QED) is 0.344. The van der Waals surface area contributed by atoms with Crippen molar-refractivity contribution in [2.45, 2.75) is 0 Å². The van der Waals surface area contributed by atoms with Crippen LogP contribution in [0.25, 0.3) is 33.1 Å². The fourth-order valence-electron chi connectivity index (χ4n) is 5.79. The first-order valence-electron chi connectivity index (χ1n) is 14.1. The number of hydrogen-bond donors (Lipinski definition) is 2. The SMILES string of the molecule is CN1CCN(c2cccc(Nc3ccc4c(-c5ccc6ncnc(N7CCN(C)CC7)c6c5)c[nH]c4n3)c2)CC1. The number of aromatic nitrogens is 4. The maximum absolute atomic E-state index is 4.90. The van der Waals surface area contributed by atoms with Crippen LogP contribution in [-0.2, 0) is 0 Å². The molecule has 0 aliphatic carbocycles. The molecule has 3 aromatic heterocycles. The Labute approximate surface area is 234 Å². The summed E-state index contributed by atoms with van der Waals surface area (Å²) in [4.78, 5) is 27.1. The summed E-state index contributed by atoms with van der Waals surface area (Å²) in [6, 6.07) is 19.3. The molecule has 2 aliphatic heterocycles. The third-order valence-electron chi connectivity index (χ3n) is 8.25.